The molecule has 2 aromatic carbocycles. The molecular formula is C33H35N5O2. The second-order valence-corrected chi connectivity index (χ2v) is 11.1. The van der Waals surface area contributed by atoms with Gasteiger partial charge in [-0.25, -0.2) is 9.50 Å². The van der Waals surface area contributed by atoms with E-state index < -0.39 is 0 Å². The highest BCUT2D eigenvalue weighted by atomic mass is 16.2. The van der Waals surface area contributed by atoms with E-state index in [1.54, 1.807) is 4.52 Å². The minimum Gasteiger partial charge on any atom is -0.339 e. The first kappa shape index (κ1) is 26.1. The standard InChI is InChI=1S/C33H35N5O2/c1-23(32(39)26-13-14-26)21-30-34-31-10-6-9-29(38(31)35-30)25-11-15-27(16-12-25)33(40)37-19-17-28(18-20-37)36(2)22-24-7-4-3-5-8-24/h3-12,15-16,26,28H,1,13-14,17-22H2,2H3. The lowest BCUT2D eigenvalue weighted by molar-refractivity contribution is -0.116. The fourth-order valence-electron chi connectivity index (χ4n) is 5.63. The molecule has 2 aromatic heterocycles. The second kappa shape index (κ2) is 11.2. The summed E-state index contributed by atoms with van der Waals surface area (Å²) in [5, 5.41) is 4.68. The highest BCUT2D eigenvalue weighted by Crippen LogP contribution is 2.32. The first-order chi connectivity index (χ1) is 19.5. The van der Waals surface area contributed by atoms with Crippen molar-refractivity contribution in [2.45, 2.75) is 44.7 Å². The zero-order valence-electron chi connectivity index (χ0n) is 23.0. The van der Waals surface area contributed by atoms with Crippen molar-refractivity contribution in [3.05, 3.63) is 102 Å². The lowest BCUT2D eigenvalue weighted by Crippen LogP contribution is -2.45. The first-order valence-electron chi connectivity index (χ1n) is 14.2. The van der Waals surface area contributed by atoms with Crippen LogP contribution in [0.25, 0.3) is 16.9 Å². The van der Waals surface area contributed by atoms with Crippen LogP contribution >= 0.6 is 0 Å². The summed E-state index contributed by atoms with van der Waals surface area (Å²) in [6.45, 7) is 6.43. The van der Waals surface area contributed by atoms with Crippen LogP contribution in [0.15, 0.2) is 84.9 Å². The van der Waals surface area contributed by atoms with Gasteiger partial charge in [0.05, 0.1) is 5.69 Å². The molecule has 0 bridgehead atoms. The van der Waals surface area contributed by atoms with Crippen LogP contribution < -0.4 is 0 Å². The number of ketones is 1. The summed E-state index contributed by atoms with van der Waals surface area (Å²) in [6, 6.07) is 24.6. The number of benzene rings is 2. The van der Waals surface area contributed by atoms with Gasteiger partial charge in [-0.3, -0.25) is 14.5 Å². The maximum atomic E-state index is 13.3. The van der Waals surface area contributed by atoms with Gasteiger partial charge in [0.15, 0.2) is 17.3 Å². The van der Waals surface area contributed by atoms with Gasteiger partial charge in [-0.15, -0.1) is 0 Å². The summed E-state index contributed by atoms with van der Waals surface area (Å²) in [7, 11) is 2.18. The summed E-state index contributed by atoms with van der Waals surface area (Å²) in [5.41, 5.74) is 5.15. The highest BCUT2D eigenvalue weighted by molar-refractivity contribution is 5.98. The molecule has 1 aliphatic heterocycles. The number of likely N-dealkylation sites (tertiary alicyclic amines) is 1. The molecule has 0 spiro atoms. The molecule has 0 N–H and O–H groups in total. The summed E-state index contributed by atoms with van der Waals surface area (Å²) in [6.07, 6.45) is 4.24. The molecule has 0 unspecified atom stereocenters. The third kappa shape index (κ3) is 5.61. The average Bonchev–Trinajstić information content (AvgIpc) is 3.76. The van der Waals surface area contributed by atoms with Crippen molar-refractivity contribution in [3.8, 4) is 11.3 Å². The summed E-state index contributed by atoms with van der Waals surface area (Å²) >= 11 is 0. The molecule has 6 rings (SSSR count). The van der Waals surface area contributed by atoms with Gasteiger partial charge in [0, 0.05) is 49.1 Å². The number of fused-ring (bicyclic) bond motifs is 1. The van der Waals surface area contributed by atoms with Crippen LogP contribution in [0.3, 0.4) is 0 Å². The summed E-state index contributed by atoms with van der Waals surface area (Å²) < 4.78 is 1.80. The van der Waals surface area contributed by atoms with Gasteiger partial charge >= 0.3 is 0 Å². The number of piperidine rings is 1. The third-order valence-electron chi connectivity index (χ3n) is 8.15. The van der Waals surface area contributed by atoms with Crippen molar-refractivity contribution in [3.63, 3.8) is 0 Å². The Morgan fingerprint density at radius 3 is 2.35 bits per heavy atom. The average molecular weight is 534 g/mol. The molecule has 0 radical (unpaired) electrons. The van der Waals surface area contributed by atoms with Crippen molar-refractivity contribution in [2.24, 2.45) is 5.92 Å². The fourth-order valence-corrected chi connectivity index (χ4v) is 5.63. The Hall–Kier alpha value is -4.10. The minimum atomic E-state index is 0.0794. The number of hydrogen-bond donors (Lipinski definition) is 0. The number of allylic oxidation sites excluding steroid dienone is 1. The van der Waals surface area contributed by atoms with E-state index in [2.05, 4.69) is 52.9 Å². The van der Waals surface area contributed by atoms with Crippen LogP contribution in [-0.4, -0.2) is 62.3 Å². The number of carbonyl (C=O) groups is 2. The lowest BCUT2D eigenvalue weighted by Gasteiger charge is -2.37. The predicted molar refractivity (Wildman–Crippen MR) is 156 cm³/mol. The number of Topliss-reactive ketones (excluding diaryl/α,β-unsaturated/α-hetero) is 1. The molecule has 3 heterocycles. The molecule has 7 nitrogen and oxygen atoms in total. The third-order valence-corrected chi connectivity index (χ3v) is 8.15. The van der Waals surface area contributed by atoms with Gasteiger partial charge in [0.2, 0.25) is 0 Å². The number of carbonyl (C=O) groups excluding carboxylic acids is 2. The molecule has 7 heteroatoms. The Labute approximate surface area is 235 Å². The van der Waals surface area contributed by atoms with Gasteiger partial charge in [-0.2, -0.15) is 5.10 Å². The van der Waals surface area contributed by atoms with Crippen molar-refractivity contribution >= 4 is 17.3 Å². The lowest BCUT2D eigenvalue weighted by atomic mass is 10.0. The van der Waals surface area contributed by atoms with E-state index in [1.807, 2.05) is 53.4 Å². The van der Waals surface area contributed by atoms with Crippen molar-refractivity contribution in [1.82, 2.24) is 24.4 Å². The molecule has 0 atom stereocenters. The number of rotatable bonds is 9. The molecular weight excluding hydrogens is 498 g/mol. The molecule has 2 fully saturated rings. The van der Waals surface area contributed by atoms with Gasteiger partial charge in [-0.05, 0) is 68.1 Å². The molecule has 1 aliphatic carbocycles. The van der Waals surface area contributed by atoms with E-state index in [9.17, 15) is 9.59 Å². The Bertz CT molecular complexity index is 1530. The van der Waals surface area contributed by atoms with E-state index in [0.717, 1.165) is 62.2 Å². The van der Waals surface area contributed by atoms with Crippen LogP contribution in [0.2, 0.25) is 0 Å². The topological polar surface area (TPSA) is 70.8 Å². The first-order valence-corrected chi connectivity index (χ1v) is 14.2. The number of amides is 1. The SMILES string of the molecule is C=C(Cc1nc2cccc(-c3ccc(C(=O)N4CCC(N(C)Cc5ccccc5)CC4)cc3)n2n1)C(=O)C1CC1. The summed E-state index contributed by atoms with van der Waals surface area (Å²) in [5.74, 6) is 0.961. The maximum Gasteiger partial charge on any atom is 0.253 e. The minimum absolute atomic E-state index is 0.0794. The van der Waals surface area contributed by atoms with Gasteiger partial charge < -0.3 is 4.90 Å². The zero-order valence-corrected chi connectivity index (χ0v) is 23.0. The van der Waals surface area contributed by atoms with E-state index in [4.69, 9.17) is 0 Å². The van der Waals surface area contributed by atoms with Crippen molar-refractivity contribution in [2.75, 3.05) is 20.1 Å². The van der Waals surface area contributed by atoms with E-state index in [1.165, 1.54) is 5.56 Å². The fraction of sp³-hybridized carbons (Fsp3) is 0.333. The van der Waals surface area contributed by atoms with Crippen LogP contribution in [-0.2, 0) is 17.8 Å². The van der Waals surface area contributed by atoms with E-state index in [-0.39, 0.29) is 17.6 Å². The van der Waals surface area contributed by atoms with Gasteiger partial charge in [0.1, 0.15) is 0 Å². The highest BCUT2D eigenvalue weighted by Gasteiger charge is 2.31. The van der Waals surface area contributed by atoms with Gasteiger partial charge in [-0.1, -0.05) is 55.1 Å². The Kier molecular flexibility index (Phi) is 7.30. The number of nitrogens with zero attached hydrogens (tertiary/aromatic N) is 5. The Morgan fingerprint density at radius 1 is 0.925 bits per heavy atom. The van der Waals surface area contributed by atoms with Gasteiger partial charge in [0.25, 0.3) is 5.91 Å². The quantitative estimate of drug-likeness (QED) is 0.276. The number of hydrogen-bond acceptors (Lipinski definition) is 5. The maximum absolute atomic E-state index is 13.3. The smallest absolute Gasteiger partial charge is 0.253 e. The monoisotopic (exact) mass is 533 g/mol. The normalized spacial score (nSPS) is 16.0. The van der Waals surface area contributed by atoms with Crippen LogP contribution in [0.1, 0.15) is 47.4 Å². The Balaban J connectivity index is 1.09. The molecule has 1 saturated heterocycles. The van der Waals surface area contributed by atoms with E-state index >= 15 is 0 Å². The van der Waals surface area contributed by atoms with Crippen molar-refractivity contribution < 1.29 is 9.59 Å². The second-order valence-electron chi connectivity index (χ2n) is 11.1. The predicted octanol–water partition coefficient (Wildman–Crippen LogP) is 5.21. The molecule has 1 amide bonds. The van der Waals surface area contributed by atoms with Crippen LogP contribution in [0.4, 0.5) is 0 Å². The Morgan fingerprint density at radius 2 is 1.65 bits per heavy atom. The number of pyridine rings is 1. The molecule has 4 aromatic rings. The zero-order chi connectivity index (χ0) is 27.6. The molecule has 2 aliphatic rings. The molecule has 1 saturated carbocycles. The van der Waals surface area contributed by atoms with Crippen LogP contribution in [0.5, 0.6) is 0 Å². The summed E-state index contributed by atoms with van der Waals surface area (Å²) in [4.78, 5) is 34.6. The van der Waals surface area contributed by atoms with Crippen molar-refractivity contribution in [1.29, 1.82) is 0 Å². The van der Waals surface area contributed by atoms with Crippen LogP contribution in [0, 0.1) is 5.92 Å². The largest absolute Gasteiger partial charge is 0.339 e. The number of aromatic nitrogens is 3. The molecule has 40 heavy (non-hydrogen) atoms. The van der Waals surface area contributed by atoms with E-state index in [0.29, 0.717) is 29.4 Å². The molecule has 204 valence electrons.